The van der Waals surface area contributed by atoms with E-state index in [1.165, 1.54) is 25.3 Å². The lowest BCUT2D eigenvalue weighted by Crippen LogP contribution is -2.16. The second-order valence-corrected chi connectivity index (χ2v) is 3.76. The molecule has 0 saturated heterocycles. The first-order valence-electron chi connectivity index (χ1n) is 5.15. The number of amides is 1. The third-order valence-corrected chi connectivity index (χ3v) is 2.39. The summed E-state index contributed by atoms with van der Waals surface area (Å²) in [6.07, 6.45) is 0.585. The maximum Gasteiger partial charge on any atom is 0.411 e. The lowest BCUT2D eigenvalue weighted by molar-refractivity contribution is 0.0697. The van der Waals surface area contributed by atoms with Gasteiger partial charge >= 0.3 is 12.1 Å². The van der Waals surface area contributed by atoms with Crippen LogP contribution in [0.15, 0.2) is 24.8 Å². The highest BCUT2D eigenvalue weighted by atomic mass is 35.5. The third kappa shape index (κ3) is 3.89. The monoisotopic (exact) mass is 285 g/mol. The van der Waals surface area contributed by atoms with Crippen LogP contribution in [0.25, 0.3) is 0 Å². The van der Waals surface area contributed by atoms with Gasteiger partial charge in [0.15, 0.2) is 0 Å². The van der Waals surface area contributed by atoms with Gasteiger partial charge in [-0.15, -0.1) is 0 Å². The van der Waals surface area contributed by atoms with Gasteiger partial charge in [0.2, 0.25) is 0 Å². The molecule has 0 spiro atoms. The summed E-state index contributed by atoms with van der Waals surface area (Å²) in [5.41, 5.74) is -0.135. The number of rotatable bonds is 5. The molecule has 2 N–H and O–H groups in total. The van der Waals surface area contributed by atoms with Crippen molar-refractivity contribution in [3.63, 3.8) is 0 Å². The smallest absolute Gasteiger partial charge is 0.411 e. The van der Waals surface area contributed by atoms with Gasteiger partial charge in [0.25, 0.3) is 0 Å². The van der Waals surface area contributed by atoms with E-state index in [-0.39, 0.29) is 28.6 Å². The predicted octanol–water partition coefficient (Wildman–Crippen LogP) is 2.78. The van der Waals surface area contributed by atoms with Crippen molar-refractivity contribution in [1.29, 1.82) is 0 Å². The molecule has 1 aromatic rings. The molecular formula is C12H12ClNO5. The minimum atomic E-state index is -1.23. The molecule has 0 unspecified atom stereocenters. The quantitative estimate of drug-likeness (QED) is 0.813. The van der Waals surface area contributed by atoms with Crippen molar-refractivity contribution in [2.45, 2.75) is 0 Å². The van der Waals surface area contributed by atoms with Gasteiger partial charge in [-0.25, -0.2) is 9.59 Å². The van der Waals surface area contributed by atoms with Gasteiger partial charge in [0.1, 0.15) is 12.4 Å². The summed E-state index contributed by atoms with van der Waals surface area (Å²) in [6.45, 7) is 3.40. The van der Waals surface area contributed by atoms with E-state index in [4.69, 9.17) is 26.2 Å². The Morgan fingerprint density at radius 1 is 1.53 bits per heavy atom. The SMILES string of the molecule is C=CCOC(=O)Nc1cc(Cl)c(OC)cc1C(=O)O. The summed E-state index contributed by atoms with van der Waals surface area (Å²) in [5, 5.41) is 11.5. The van der Waals surface area contributed by atoms with Crippen molar-refractivity contribution in [2.24, 2.45) is 0 Å². The van der Waals surface area contributed by atoms with Crippen LogP contribution in [0.4, 0.5) is 10.5 Å². The molecule has 1 aromatic carbocycles. The molecule has 0 saturated carbocycles. The normalized spacial score (nSPS) is 9.58. The average molecular weight is 286 g/mol. The standard InChI is InChI=1S/C12H12ClNO5/c1-3-4-19-12(17)14-9-6-8(13)10(18-2)5-7(9)11(15)16/h3,5-6H,1,4H2,2H3,(H,14,17)(H,15,16). The minimum Gasteiger partial charge on any atom is -0.495 e. The number of halogens is 1. The number of carbonyl (C=O) groups is 2. The number of carboxylic acid groups (broad SMARTS) is 1. The van der Waals surface area contributed by atoms with Crippen LogP contribution in [0.3, 0.4) is 0 Å². The minimum absolute atomic E-state index is 0.0120. The largest absolute Gasteiger partial charge is 0.495 e. The zero-order chi connectivity index (χ0) is 14.4. The first-order valence-corrected chi connectivity index (χ1v) is 5.53. The molecule has 6 nitrogen and oxygen atoms in total. The van der Waals surface area contributed by atoms with E-state index in [1.807, 2.05) is 0 Å². The maximum atomic E-state index is 11.4. The molecule has 7 heteroatoms. The Hall–Kier alpha value is -2.21. The fraction of sp³-hybridized carbons (Fsp3) is 0.167. The van der Waals surface area contributed by atoms with E-state index in [2.05, 4.69) is 11.9 Å². The number of hydrogen-bond donors (Lipinski definition) is 2. The number of hydrogen-bond acceptors (Lipinski definition) is 4. The number of aromatic carboxylic acids is 1. The number of ether oxygens (including phenoxy) is 2. The zero-order valence-corrected chi connectivity index (χ0v) is 10.9. The Balaban J connectivity index is 3.05. The topological polar surface area (TPSA) is 84.9 Å². The van der Waals surface area contributed by atoms with Crippen LogP contribution in [0.5, 0.6) is 5.75 Å². The fourth-order valence-corrected chi connectivity index (χ4v) is 1.51. The second kappa shape index (κ2) is 6.65. The van der Waals surface area contributed by atoms with Crippen molar-refractivity contribution < 1.29 is 24.2 Å². The number of anilines is 1. The highest BCUT2D eigenvalue weighted by molar-refractivity contribution is 6.32. The number of methoxy groups -OCH3 is 1. The average Bonchev–Trinajstić information content (AvgIpc) is 2.36. The van der Waals surface area contributed by atoms with Crippen LogP contribution in [0.1, 0.15) is 10.4 Å². The Bertz CT molecular complexity index is 515. The van der Waals surface area contributed by atoms with Crippen LogP contribution in [-0.4, -0.2) is 30.9 Å². The van der Waals surface area contributed by atoms with E-state index in [9.17, 15) is 9.59 Å². The second-order valence-electron chi connectivity index (χ2n) is 3.35. The number of benzene rings is 1. The van der Waals surface area contributed by atoms with Crippen molar-refractivity contribution in [1.82, 2.24) is 0 Å². The number of carboxylic acids is 1. The van der Waals surface area contributed by atoms with Gasteiger partial charge in [0, 0.05) is 0 Å². The third-order valence-electron chi connectivity index (χ3n) is 2.09. The van der Waals surface area contributed by atoms with Gasteiger partial charge in [0.05, 0.1) is 23.4 Å². The van der Waals surface area contributed by atoms with Gasteiger partial charge in [-0.05, 0) is 12.1 Å². The van der Waals surface area contributed by atoms with E-state index in [1.54, 1.807) is 0 Å². The molecule has 1 rings (SSSR count). The van der Waals surface area contributed by atoms with Crippen LogP contribution in [0.2, 0.25) is 5.02 Å². The summed E-state index contributed by atoms with van der Waals surface area (Å²) < 4.78 is 9.60. The zero-order valence-electron chi connectivity index (χ0n) is 10.1. The predicted molar refractivity (Wildman–Crippen MR) is 70.1 cm³/mol. The highest BCUT2D eigenvalue weighted by Gasteiger charge is 2.17. The Kier molecular flexibility index (Phi) is 5.20. The molecular weight excluding hydrogens is 274 g/mol. The van der Waals surface area contributed by atoms with Gasteiger partial charge in [-0.3, -0.25) is 5.32 Å². The van der Waals surface area contributed by atoms with E-state index in [0.29, 0.717) is 0 Å². The Morgan fingerprint density at radius 2 is 2.21 bits per heavy atom. The maximum absolute atomic E-state index is 11.4. The van der Waals surface area contributed by atoms with Crippen LogP contribution >= 0.6 is 11.6 Å². The first-order chi connectivity index (χ1) is 8.99. The summed E-state index contributed by atoms with van der Waals surface area (Å²) >= 11 is 5.87. The molecule has 19 heavy (non-hydrogen) atoms. The molecule has 0 bridgehead atoms. The molecule has 1 amide bonds. The lowest BCUT2D eigenvalue weighted by Gasteiger charge is -2.11. The van der Waals surface area contributed by atoms with E-state index >= 15 is 0 Å². The van der Waals surface area contributed by atoms with Gasteiger partial charge in [-0.1, -0.05) is 24.3 Å². The number of nitrogens with one attached hydrogen (secondary N) is 1. The van der Waals surface area contributed by atoms with Crippen LogP contribution in [0, 0.1) is 0 Å². The van der Waals surface area contributed by atoms with Gasteiger partial charge in [-0.2, -0.15) is 0 Å². The fourth-order valence-electron chi connectivity index (χ4n) is 1.27. The van der Waals surface area contributed by atoms with E-state index in [0.717, 1.165) is 0 Å². The van der Waals surface area contributed by atoms with Crippen LogP contribution in [-0.2, 0) is 4.74 Å². The Labute approximate surface area is 114 Å². The van der Waals surface area contributed by atoms with Crippen LogP contribution < -0.4 is 10.1 Å². The molecule has 0 fully saturated rings. The highest BCUT2D eigenvalue weighted by Crippen LogP contribution is 2.31. The van der Waals surface area contributed by atoms with Crippen molar-refractivity contribution in [3.05, 3.63) is 35.4 Å². The van der Waals surface area contributed by atoms with Crippen molar-refractivity contribution in [2.75, 3.05) is 19.0 Å². The summed E-state index contributed by atoms with van der Waals surface area (Å²) in [5.74, 6) is -1.03. The summed E-state index contributed by atoms with van der Waals surface area (Å²) in [6, 6.07) is 2.49. The first kappa shape index (κ1) is 14.8. The molecule has 0 aliphatic carbocycles. The molecule has 102 valence electrons. The Morgan fingerprint density at radius 3 is 2.74 bits per heavy atom. The number of carbonyl (C=O) groups excluding carboxylic acids is 1. The molecule has 0 radical (unpaired) electrons. The summed E-state index contributed by atoms with van der Waals surface area (Å²) in [7, 11) is 1.36. The summed E-state index contributed by atoms with van der Waals surface area (Å²) in [4.78, 5) is 22.5. The molecule has 0 heterocycles. The lowest BCUT2D eigenvalue weighted by atomic mass is 10.1. The van der Waals surface area contributed by atoms with Crippen molar-refractivity contribution >= 4 is 29.4 Å². The molecule has 0 aliphatic rings. The van der Waals surface area contributed by atoms with Crippen molar-refractivity contribution in [3.8, 4) is 5.75 Å². The molecule has 0 atom stereocenters. The molecule has 0 aliphatic heterocycles. The van der Waals surface area contributed by atoms with E-state index < -0.39 is 12.1 Å². The van der Waals surface area contributed by atoms with Gasteiger partial charge < -0.3 is 14.6 Å². The molecule has 0 aromatic heterocycles.